The van der Waals surface area contributed by atoms with Crippen LogP contribution in [0.2, 0.25) is 0 Å². The van der Waals surface area contributed by atoms with E-state index in [1.807, 2.05) is 5.32 Å². The standard InChI is InChI=1S/C10H9F3N2O4/c1-19-9(16)6-2-3-8(15(17)18)7(4-6)14-5-10(11,12)13/h2-4,14H,5H2,1H3. The van der Waals surface area contributed by atoms with Gasteiger partial charge >= 0.3 is 12.1 Å². The van der Waals surface area contributed by atoms with Gasteiger partial charge in [0.15, 0.2) is 0 Å². The van der Waals surface area contributed by atoms with Crippen LogP contribution in [0.4, 0.5) is 24.5 Å². The Morgan fingerprint density at radius 3 is 2.58 bits per heavy atom. The van der Waals surface area contributed by atoms with Crippen molar-refractivity contribution in [2.75, 3.05) is 19.0 Å². The number of carbonyl (C=O) groups is 1. The molecule has 0 saturated carbocycles. The summed E-state index contributed by atoms with van der Waals surface area (Å²) >= 11 is 0. The largest absolute Gasteiger partial charge is 0.465 e. The molecule has 0 radical (unpaired) electrons. The van der Waals surface area contributed by atoms with Crippen LogP contribution in [-0.4, -0.2) is 30.7 Å². The van der Waals surface area contributed by atoms with Gasteiger partial charge in [-0.2, -0.15) is 13.2 Å². The maximum Gasteiger partial charge on any atom is 0.405 e. The van der Waals surface area contributed by atoms with Crippen LogP contribution in [0.3, 0.4) is 0 Å². The molecule has 1 aromatic carbocycles. The predicted molar refractivity (Wildman–Crippen MR) is 59.0 cm³/mol. The number of alkyl halides is 3. The van der Waals surface area contributed by atoms with Crippen LogP contribution < -0.4 is 5.32 Å². The first kappa shape index (κ1) is 14.7. The van der Waals surface area contributed by atoms with Gasteiger partial charge in [0.05, 0.1) is 17.6 Å². The molecule has 104 valence electrons. The van der Waals surface area contributed by atoms with Crippen LogP contribution in [-0.2, 0) is 4.74 Å². The summed E-state index contributed by atoms with van der Waals surface area (Å²) in [4.78, 5) is 21.0. The first-order valence-electron chi connectivity index (χ1n) is 4.92. The number of benzene rings is 1. The van der Waals surface area contributed by atoms with Crippen molar-refractivity contribution >= 4 is 17.3 Å². The summed E-state index contributed by atoms with van der Waals surface area (Å²) in [6.45, 7) is -1.45. The molecule has 0 spiro atoms. The number of esters is 1. The number of nitrogens with zero attached hydrogens (tertiary/aromatic N) is 1. The molecule has 0 heterocycles. The second kappa shape index (κ2) is 5.55. The zero-order chi connectivity index (χ0) is 14.6. The van der Waals surface area contributed by atoms with E-state index in [1.165, 1.54) is 0 Å². The van der Waals surface area contributed by atoms with Crippen molar-refractivity contribution in [3.63, 3.8) is 0 Å². The number of nitrogens with one attached hydrogen (secondary N) is 1. The molecule has 19 heavy (non-hydrogen) atoms. The number of hydrogen-bond acceptors (Lipinski definition) is 5. The minimum Gasteiger partial charge on any atom is -0.465 e. The van der Waals surface area contributed by atoms with E-state index < -0.39 is 35.0 Å². The third-order valence-electron chi connectivity index (χ3n) is 2.09. The van der Waals surface area contributed by atoms with Crippen LogP contribution in [0, 0.1) is 10.1 Å². The summed E-state index contributed by atoms with van der Waals surface area (Å²) < 4.78 is 40.6. The van der Waals surface area contributed by atoms with Crippen LogP contribution in [0.25, 0.3) is 0 Å². The summed E-state index contributed by atoms with van der Waals surface area (Å²) in [5, 5.41) is 12.5. The van der Waals surface area contributed by atoms with E-state index in [1.54, 1.807) is 0 Å². The zero-order valence-electron chi connectivity index (χ0n) is 9.65. The lowest BCUT2D eigenvalue weighted by molar-refractivity contribution is -0.384. The first-order valence-corrected chi connectivity index (χ1v) is 4.92. The normalized spacial score (nSPS) is 10.9. The quantitative estimate of drug-likeness (QED) is 0.519. The van der Waals surface area contributed by atoms with Gasteiger partial charge in [0.25, 0.3) is 5.69 Å². The summed E-state index contributed by atoms with van der Waals surface area (Å²) in [5.41, 5.74) is -1.04. The molecular formula is C10H9F3N2O4. The fourth-order valence-corrected chi connectivity index (χ4v) is 1.28. The molecule has 0 amide bonds. The van der Waals surface area contributed by atoms with Gasteiger partial charge in [0, 0.05) is 6.07 Å². The Morgan fingerprint density at radius 2 is 2.11 bits per heavy atom. The predicted octanol–water partition coefficient (Wildman–Crippen LogP) is 2.36. The molecule has 0 bridgehead atoms. The van der Waals surface area contributed by atoms with Crippen LogP contribution >= 0.6 is 0 Å². The van der Waals surface area contributed by atoms with Crippen molar-refractivity contribution in [1.29, 1.82) is 0 Å². The van der Waals surface area contributed by atoms with Crippen molar-refractivity contribution in [2.45, 2.75) is 6.18 Å². The summed E-state index contributed by atoms with van der Waals surface area (Å²) in [5.74, 6) is -0.801. The number of hydrogen-bond donors (Lipinski definition) is 1. The summed E-state index contributed by atoms with van der Waals surface area (Å²) in [6.07, 6.45) is -4.53. The number of carbonyl (C=O) groups excluding carboxylic acids is 1. The van der Waals surface area contributed by atoms with E-state index in [0.29, 0.717) is 0 Å². The highest BCUT2D eigenvalue weighted by atomic mass is 19.4. The van der Waals surface area contributed by atoms with Crippen molar-refractivity contribution in [1.82, 2.24) is 0 Å². The Morgan fingerprint density at radius 1 is 1.47 bits per heavy atom. The lowest BCUT2D eigenvalue weighted by Gasteiger charge is -2.10. The number of nitro groups is 1. The maximum atomic E-state index is 12.1. The molecule has 0 aliphatic carbocycles. The molecule has 6 nitrogen and oxygen atoms in total. The van der Waals surface area contributed by atoms with E-state index in [4.69, 9.17) is 0 Å². The highest BCUT2D eigenvalue weighted by molar-refractivity contribution is 5.91. The van der Waals surface area contributed by atoms with Gasteiger partial charge in [0.2, 0.25) is 0 Å². The van der Waals surface area contributed by atoms with Gasteiger partial charge in [-0.1, -0.05) is 0 Å². The van der Waals surface area contributed by atoms with Crippen LogP contribution in [0.5, 0.6) is 0 Å². The number of anilines is 1. The lowest BCUT2D eigenvalue weighted by Crippen LogP contribution is -2.22. The lowest BCUT2D eigenvalue weighted by atomic mass is 10.1. The molecular weight excluding hydrogens is 269 g/mol. The topological polar surface area (TPSA) is 81.5 Å². The van der Waals surface area contributed by atoms with Crippen molar-refractivity contribution in [3.05, 3.63) is 33.9 Å². The second-order valence-electron chi connectivity index (χ2n) is 3.45. The van der Waals surface area contributed by atoms with Crippen molar-refractivity contribution in [2.24, 2.45) is 0 Å². The van der Waals surface area contributed by atoms with Gasteiger partial charge < -0.3 is 10.1 Å². The molecule has 0 aliphatic heterocycles. The summed E-state index contributed by atoms with van der Waals surface area (Å²) in [7, 11) is 1.09. The number of halogens is 3. The van der Waals surface area contributed by atoms with E-state index in [0.717, 1.165) is 25.3 Å². The third kappa shape index (κ3) is 4.12. The van der Waals surface area contributed by atoms with E-state index in [9.17, 15) is 28.1 Å². The van der Waals surface area contributed by atoms with Crippen LogP contribution in [0.1, 0.15) is 10.4 Å². The van der Waals surface area contributed by atoms with Crippen LogP contribution in [0.15, 0.2) is 18.2 Å². The minimum absolute atomic E-state index is 0.0854. The molecule has 0 fully saturated rings. The smallest absolute Gasteiger partial charge is 0.405 e. The number of rotatable bonds is 4. The average Bonchev–Trinajstić information content (AvgIpc) is 2.34. The molecule has 0 aromatic heterocycles. The Kier molecular flexibility index (Phi) is 4.30. The molecule has 0 atom stereocenters. The Balaban J connectivity index is 3.09. The van der Waals surface area contributed by atoms with Gasteiger partial charge in [-0.05, 0) is 12.1 Å². The summed E-state index contributed by atoms with van der Waals surface area (Å²) in [6, 6.07) is 2.98. The van der Waals surface area contributed by atoms with E-state index >= 15 is 0 Å². The monoisotopic (exact) mass is 278 g/mol. The molecule has 1 aromatic rings. The SMILES string of the molecule is COC(=O)c1ccc([N+](=O)[O-])c(NCC(F)(F)F)c1. The molecule has 1 rings (SSSR count). The Bertz CT molecular complexity index is 502. The van der Waals surface area contributed by atoms with Gasteiger partial charge in [-0.25, -0.2) is 4.79 Å². The average molecular weight is 278 g/mol. The van der Waals surface area contributed by atoms with E-state index in [2.05, 4.69) is 4.74 Å². The maximum absolute atomic E-state index is 12.1. The Hall–Kier alpha value is -2.32. The fourth-order valence-electron chi connectivity index (χ4n) is 1.28. The highest BCUT2D eigenvalue weighted by Gasteiger charge is 2.28. The number of methoxy groups -OCH3 is 1. The van der Waals surface area contributed by atoms with Gasteiger partial charge in [0.1, 0.15) is 12.2 Å². The van der Waals surface area contributed by atoms with Crippen molar-refractivity contribution < 1.29 is 27.6 Å². The molecule has 9 heteroatoms. The number of ether oxygens (including phenoxy) is 1. The first-order chi connectivity index (χ1) is 8.74. The zero-order valence-corrected chi connectivity index (χ0v) is 9.65. The van der Waals surface area contributed by atoms with Gasteiger partial charge in [-0.3, -0.25) is 10.1 Å². The molecule has 0 aliphatic rings. The van der Waals surface area contributed by atoms with E-state index in [-0.39, 0.29) is 5.56 Å². The molecule has 1 N–H and O–H groups in total. The highest BCUT2D eigenvalue weighted by Crippen LogP contribution is 2.27. The number of nitro benzene ring substituents is 1. The molecule has 0 unspecified atom stereocenters. The van der Waals surface area contributed by atoms with Gasteiger partial charge in [-0.15, -0.1) is 0 Å². The third-order valence-corrected chi connectivity index (χ3v) is 2.09. The Labute approximate surface area is 105 Å². The second-order valence-corrected chi connectivity index (χ2v) is 3.45. The molecule has 0 saturated heterocycles. The fraction of sp³-hybridized carbons (Fsp3) is 0.300. The minimum atomic E-state index is -4.53. The van der Waals surface area contributed by atoms with Crippen molar-refractivity contribution in [3.8, 4) is 0 Å².